The zero-order valence-electron chi connectivity index (χ0n) is 12.6. The van der Waals surface area contributed by atoms with E-state index in [0.717, 1.165) is 5.92 Å². The summed E-state index contributed by atoms with van der Waals surface area (Å²) in [6.07, 6.45) is 9.59. The van der Waals surface area contributed by atoms with Gasteiger partial charge in [-0.1, -0.05) is 62.9 Å². The van der Waals surface area contributed by atoms with E-state index < -0.39 is 0 Å². The molecule has 0 heterocycles. The van der Waals surface area contributed by atoms with E-state index in [4.69, 9.17) is 0 Å². The molecule has 1 N–H and O–H groups in total. The fourth-order valence-electron chi connectivity index (χ4n) is 2.86. The van der Waals surface area contributed by atoms with Crippen LogP contribution in [0.3, 0.4) is 0 Å². The zero-order valence-corrected chi connectivity index (χ0v) is 12.6. The molecule has 2 rings (SSSR count). The first-order chi connectivity index (χ1) is 9.31. The lowest BCUT2D eigenvalue weighted by atomic mass is 10.00. The van der Waals surface area contributed by atoms with Gasteiger partial charge in [0.25, 0.3) is 0 Å². The van der Waals surface area contributed by atoms with E-state index >= 15 is 0 Å². The fraction of sp³-hybridized carbons (Fsp3) is 0.667. The van der Waals surface area contributed by atoms with Gasteiger partial charge < -0.3 is 5.32 Å². The number of nitrogens with one attached hydrogen (secondary N) is 1. The number of benzene rings is 1. The van der Waals surface area contributed by atoms with Gasteiger partial charge in [-0.05, 0) is 37.7 Å². The number of unbranched alkanes of at least 4 members (excludes halogenated alkanes) is 3. The lowest BCUT2D eigenvalue weighted by Gasteiger charge is -2.24. The molecule has 0 bridgehead atoms. The predicted molar refractivity (Wildman–Crippen MR) is 83.3 cm³/mol. The standard InChI is InChI=1S/C18H29N/c1-3-4-5-7-10-15(2)19-18(17-13-14-17)16-11-8-6-9-12-16/h6,8-9,11-12,15,17-19H,3-5,7,10,13-14H2,1-2H3. The van der Waals surface area contributed by atoms with Crippen molar-refractivity contribution in [3.8, 4) is 0 Å². The summed E-state index contributed by atoms with van der Waals surface area (Å²) in [5.41, 5.74) is 1.48. The van der Waals surface area contributed by atoms with Crippen molar-refractivity contribution < 1.29 is 0 Å². The summed E-state index contributed by atoms with van der Waals surface area (Å²) in [6.45, 7) is 4.63. The third-order valence-electron chi connectivity index (χ3n) is 4.21. The van der Waals surface area contributed by atoms with Gasteiger partial charge in [-0.3, -0.25) is 0 Å². The predicted octanol–water partition coefficient (Wildman–Crippen LogP) is 5.09. The highest BCUT2D eigenvalue weighted by Crippen LogP contribution is 2.41. The van der Waals surface area contributed by atoms with Crippen molar-refractivity contribution in [2.24, 2.45) is 5.92 Å². The van der Waals surface area contributed by atoms with Crippen LogP contribution < -0.4 is 5.32 Å². The molecule has 0 amide bonds. The Kier molecular flexibility index (Phi) is 5.91. The number of hydrogen-bond acceptors (Lipinski definition) is 1. The summed E-state index contributed by atoms with van der Waals surface area (Å²) >= 11 is 0. The monoisotopic (exact) mass is 259 g/mol. The highest BCUT2D eigenvalue weighted by Gasteiger charge is 2.32. The minimum Gasteiger partial charge on any atom is -0.307 e. The molecule has 19 heavy (non-hydrogen) atoms. The highest BCUT2D eigenvalue weighted by atomic mass is 15.0. The van der Waals surface area contributed by atoms with Gasteiger partial charge in [-0.15, -0.1) is 0 Å². The lowest BCUT2D eigenvalue weighted by Crippen LogP contribution is -2.31. The Balaban J connectivity index is 1.80. The summed E-state index contributed by atoms with van der Waals surface area (Å²) in [6, 6.07) is 12.2. The van der Waals surface area contributed by atoms with Gasteiger partial charge >= 0.3 is 0 Å². The van der Waals surface area contributed by atoms with E-state index in [9.17, 15) is 0 Å². The molecule has 1 aromatic carbocycles. The largest absolute Gasteiger partial charge is 0.307 e. The Bertz CT molecular complexity index is 342. The van der Waals surface area contributed by atoms with Crippen LogP contribution in [-0.2, 0) is 0 Å². The van der Waals surface area contributed by atoms with Crippen LogP contribution in [0.5, 0.6) is 0 Å². The normalized spacial score (nSPS) is 18.2. The van der Waals surface area contributed by atoms with Crippen LogP contribution in [-0.4, -0.2) is 6.04 Å². The zero-order chi connectivity index (χ0) is 13.5. The van der Waals surface area contributed by atoms with Crippen molar-refractivity contribution in [2.75, 3.05) is 0 Å². The summed E-state index contributed by atoms with van der Waals surface area (Å²) in [5, 5.41) is 3.87. The van der Waals surface area contributed by atoms with Gasteiger partial charge in [-0.25, -0.2) is 0 Å². The lowest BCUT2D eigenvalue weighted by molar-refractivity contribution is 0.393. The van der Waals surface area contributed by atoms with Crippen molar-refractivity contribution in [1.82, 2.24) is 5.32 Å². The van der Waals surface area contributed by atoms with Crippen LogP contribution in [0.2, 0.25) is 0 Å². The average molecular weight is 259 g/mol. The van der Waals surface area contributed by atoms with Gasteiger partial charge in [0, 0.05) is 12.1 Å². The molecule has 0 radical (unpaired) electrons. The third kappa shape index (κ3) is 4.99. The molecule has 1 aliphatic rings. The Morgan fingerprint density at radius 3 is 2.47 bits per heavy atom. The molecule has 1 heteroatoms. The van der Waals surface area contributed by atoms with Crippen molar-refractivity contribution in [3.63, 3.8) is 0 Å². The second kappa shape index (κ2) is 7.69. The first kappa shape index (κ1) is 14.6. The SMILES string of the molecule is CCCCCCC(C)NC(c1ccccc1)C1CC1. The van der Waals surface area contributed by atoms with Crippen LogP contribution in [0, 0.1) is 5.92 Å². The fourth-order valence-corrected chi connectivity index (χ4v) is 2.86. The topological polar surface area (TPSA) is 12.0 Å². The van der Waals surface area contributed by atoms with Gasteiger partial charge in [0.15, 0.2) is 0 Å². The summed E-state index contributed by atoms with van der Waals surface area (Å²) in [7, 11) is 0. The molecule has 106 valence electrons. The van der Waals surface area contributed by atoms with Crippen LogP contribution in [0.4, 0.5) is 0 Å². The van der Waals surface area contributed by atoms with E-state index in [-0.39, 0.29) is 0 Å². The van der Waals surface area contributed by atoms with Gasteiger partial charge in [0.2, 0.25) is 0 Å². The summed E-state index contributed by atoms with van der Waals surface area (Å²) in [4.78, 5) is 0. The first-order valence-corrected chi connectivity index (χ1v) is 8.12. The van der Waals surface area contributed by atoms with Gasteiger partial charge in [0.05, 0.1) is 0 Å². The van der Waals surface area contributed by atoms with Crippen LogP contribution in [0.25, 0.3) is 0 Å². The molecule has 1 saturated carbocycles. The summed E-state index contributed by atoms with van der Waals surface area (Å²) in [5.74, 6) is 0.875. The van der Waals surface area contributed by atoms with Crippen molar-refractivity contribution in [3.05, 3.63) is 35.9 Å². The molecule has 1 aromatic rings. The maximum atomic E-state index is 3.87. The van der Waals surface area contributed by atoms with Crippen molar-refractivity contribution in [2.45, 2.75) is 70.9 Å². The molecule has 1 aliphatic carbocycles. The van der Waals surface area contributed by atoms with E-state index in [2.05, 4.69) is 49.5 Å². The molecule has 0 saturated heterocycles. The van der Waals surface area contributed by atoms with Gasteiger partial charge in [-0.2, -0.15) is 0 Å². The second-order valence-electron chi connectivity index (χ2n) is 6.14. The molecule has 0 spiro atoms. The molecule has 1 nitrogen and oxygen atoms in total. The Morgan fingerprint density at radius 1 is 1.11 bits per heavy atom. The van der Waals surface area contributed by atoms with E-state index in [1.54, 1.807) is 0 Å². The number of hydrogen-bond donors (Lipinski definition) is 1. The van der Waals surface area contributed by atoms with Crippen molar-refractivity contribution in [1.29, 1.82) is 0 Å². The molecule has 2 unspecified atom stereocenters. The molecular formula is C18H29N. The Hall–Kier alpha value is -0.820. The molecule has 1 fully saturated rings. The van der Waals surface area contributed by atoms with E-state index in [1.165, 1.54) is 50.5 Å². The minimum absolute atomic E-state index is 0.586. The third-order valence-corrected chi connectivity index (χ3v) is 4.21. The second-order valence-corrected chi connectivity index (χ2v) is 6.14. The summed E-state index contributed by atoms with van der Waals surface area (Å²) < 4.78 is 0. The molecule has 2 atom stereocenters. The molecule has 0 aliphatic heterocycles. The van der Waals surface area contributed by atoms with Crippen LogP contribution >= 0.6 is 0 Å². The maximum absolute atomic E-state index is 3.87. The maximum Gasteiger partial charge on any atom is 0.0350 e. The molecular weight excluding hydrogens is 230 g/mol. The number of rotatable bonds is 9. The highest BCUT2D eigenvalue weighted by molar-refractivity contribution is 5.21. The minimum atomic E-state index is 0.586. The smallest absolute Gasteiger partial charge is 0.0350 e. The van der Waals surface area contributed by atoms with Crippen molar-refractivity contribution >= 4 is 0 Å². The van der Waals surface area contributed by atoms with Gasteiger partial charge in [0.1, 0.15) is 0 Å². The van der Waals surface area contributed by atoms with Crippen LogP contribution in [0.1, 0.15) is 70.4 Å². The van der Waals surface area contributed by atoms with Crippen LogP contribution in [0.15, 0.2) is 30.3 Å². The Labute approximate surface area is 118 Å². The van der Waals surface area contributed by atoms with E-state index in [0.29, 0.717) is 12.1 Å². The van der Waals surface area contributed by atoms with E-state index in [1.807, 2.05) is 0 Å². The molecule has 0 aromatic heterocycles. The quantitative estimate of drug-likeness (QED) is 0.609. The Morgan fingerprint density at radius 2 is 1.84 bits per heavy atom. The average Bonchev–Trinajstić information content (AvgIpc) is 3.26. The first-order valence-electron chi connectivity index (χ1n) is 8.12.